The summed E-state index contributed by atoms with van der Waals surface area (Å²) < 4.78 is 0. The van der Waals surface area contributed by atoms with E-state index < -0.39 is 0 Å². The van der Waals surface area contributed by atoms with Crippen LogP contribution in [0, 0.1) is 0 Å². The smallest absolute Gasteiger partial charge is 0.185 e. The lowest BCUT2D eigenvalue weighted by molar-refractivity contribution is 0.553. The molecule has 0 aliphatic carbocycles. The fraction of sp³-hybridized carbons (Fsp3) is 0.700. The minimum atomic E-state index is 0.694. The molecule has 0 saturated carbocycles. The van der Waals surface area contributed by atoms with Crippen LogP contribution in [-0.2, 0) is 6.54 Å². The number of anilines is 1. The Balaban J connectivity index is 1.82. The molecule has 1 aromatic heterocycles. The molecule has 1 aromatic rings. The van der Waals surface area contributed by atoms with Gasteiger partial charge in [0.05, 0.1) is 5.69 Å². The second-order valence-electron chi connectivity index (χ2n) is 3.96. The van der Waals surface area contributed by atoms with E-state index in [2.05, 4.69) is 20.6 Å². The van der Waals surface area contributed by atoms with Gasteiger partial charge in [-0.15, -0.1) is 11.3 Å². The van der Waals surface area contributed by atoms with Gasteiger partial charge in [-0.2, -0.15) is 11.8 Å². The molecule has 84 valence electrons. The van der Waals surface area contributed by atoms with E-state index in [1.165, 1.54) is 23.6 Å². The first-order chi connectivity index (χ1) is 7.25. The van der Waals surface area contributed by atoms with Gasteiger partial charge in [0.1, 0.15) is 0 Å². The Labute approximate surface area is 99.3 Å². The standard InChI is InChI=1S/C10H17N3S2/c1-13(2)10-12-9(7-15-10)5-11-8-3-4-14-6-8/h7-8,11H,3-6H2,1-2H3. The van der Waals surface area contributed by atoms with Crippen LogP contribution in [0.15, 0.2) is 5.38 Å². The maximum Gasteiger partial charge on any atom is 0.185 e. The molecule has 15 heavy (non-hydrogen) atoms. The lowest BCUT2D eigenvalue weighted by atomic mass is 10.2. The molecule has 3 nitrogen and oxygen atoms in total. The van der Waals surface area contributed by atoms with Crippen LogP contribution >= 0.6 is 23.1 Å². The van der Waals surface area contributed by atoms with Gasteiger partial charge in [-0.3, -0.25) is 0 Å². The van der Waals surface area contributed by atoms with Crippen LogP contribution in [0.3, 0.4) is 0 Å². The fourth-order valence-corrected chi connectivity index (χ4v) is 3.47. The van der Waals surface area contributed by atoms with Crippen molar-refractivity contribution < 1.29 is 0 Å². The average Bonchev–Trinajstić information content (AvgIpc) is 2.86. The second-order valence-corrected chi connectivity index (χ2v) is 5.94. The molecule has 1 aliphatic heterocycles. The molecular weight excluding hydrogens is 226 g/mol. The first kappa shape index (κ1) is 11.2. The Kier molecular flexibility index (Phi) is 3.88. The number of nitrogens with zero attached hydrogens (tertiary/aromatic N) is 2. The molecule has 0 aromatic carbocycles. The Morgan fingerprint density at radius 1 is 1.60 bits per heavy atom. The highest BCUT2D eigenvalue weighted by Crippen LogP contribution is 2.20. The average molecular weight is 243 g/mol. The molecule has 0 spiro atoms. The topological polar surface area (TPSA) is 28.2 Å². The number of nitrogens with one attached hydrogen (secondary N) is 1. The fourth-order valence-electron chi connectivity index (χ4n) is 1.53. The van der Waals surface area contributed by atoms with E-state index in [0.29, 0.717) is 6.04 Å². The largest absolute Gasteiger partial charge is 0.354 e. The summed E-state index contributed by atoms with van der Waals surface area (Å²) in [5, 5.41) is 6.79. The summed E-state index contributed by atoms with van der Waals surface area (Å²) in [5.41, 5.74) is 1.17. The number of aromatic nitrogens is 1. The lowest BCUT2D eigenvalue weighted by Gasteiger charge is -2.09. The minimum Gasteiger partial charge on any atom is -0.354 e. The van der Waals surface area contributed by atoms with E-state index in [9.17, 15) is 0 Å². The maximum atomic E-state index is 4.55. The van der Waals surface area contributed by atoms with E-state index in [1.807, 2.05) is 25.9 Å². The summed E-state index contributed by atoms with van der Waals surface area (Å²) in [6.45, 7) is 0.912. The summed E-state index contributed by atoms with van der Waals surface area (Å²) in [6, 6.07) is 0.694. The molecule has 1 fully saturated rings. The molecular formula is C10H17N3S2. The van der Waals surface area contributed by atoms with Gasteiger partial charge < -0.3 is 10.2 Å². The van der Waals surface area contributed by atoms with E-state index in [-0.39, 0.29) is 0 Å². The molecule has 1 atom stereocenters. The van der Waals surface area contributed by atoms with Crippen molar-refractivity contribution >= 4 is 28.2 Å². The summed E-state index contributed by atoms with van der Waals surface area (Å²) in [5.74, 6) is 2.56. The summed E-state index contributed by atoms with van der Waals surface area (Å²) in [6.07, 6.45) is 1.30. The number of hydrogen-bond donors (Lipinski definition) is 1. The number of rotatable bonds is 4. The molecule has 1 N–H and O–H groups in total. The first-order valence-corrected chi connectivity index (χ1v) is 7.22. The Bertz CT molecular complexity index is 305. The van der Waals surface area contributed by atoms with Crippen LogP contribution < -0.4 is 10.2 Å². The van der Waals surface area contributed by atoms with Gasteiger partial charge in [0.25, 0.3) is 0 Å². The molecule has 1 unspecified atom stereocenters. The Morgan fingerprint density at radius 3 is 3.07 bits per heavy atom. The maximum absolute atomic E-state index is 4.55. The van der Waals surface area contributed by atoms with Crippen molar-refractivity contribution in [1.29, 1.82) is 0 Å². The molecule has 1 aliphatic rings. The Morgan fingerprint density at radius 2 is 2.47 bits per heavy atom. The highest BCUT2D eigenvalue weighted by atomic mass is 32.2. The third-order valence-electron chi connectivity index (χ3n) is 2.42. The first-order valence-electron chi connectivity index (χ1n) is 5.18. The van der Waals surface area contributed by atoms with Crippen molar-refractivity contribution in [1.82, 2.24) is 10.3 Å². The molecule has 1 saturated heterocycles. The van der Waals surface area contributed by atoms with Crippen molar-refractivity contribution in [2.75, 3.05) is 30.5 Å². The second kappa shape index (κ2) is 5.18. The van der Waals surface area contributed by atoms with E-state index in [1.54, 1.807) is 11.3 Å². The summed E-state index contributed by atoms with van der Waals surface area (Å²) in [4.78, 5) is 6.60. The van der Waals surface area contributed by atoms with Crippen LogP contribution in [0.25, 0.3) is 0 Å². The quantitative estimate of drug-likeness (QED) is 0.873. The third kappa shape index (κ3) is 3.09. The van der Waals surface area contributed by atoms with Gasteiger partial charge in [-0.1, -0.05) is 0 Å². The molecule has 0 radical (unpaired) electrons. The normalized spacial score (nSPS) is 20.8. The number of thiazole rings is 1. The van der Waals surface area contributed by atoms with Gasteiger partial charge in [-0.25, -0.2) is 4.98 Å². The van der Waals surface area contributed by atoms with Crippen LogP contribution in [0.4, 0.5) is 5.13 Å². The van der Waals surface area contributed by atoms with Crippen molar-refractivity contribution in [2.24, 2.45) is 0 Å². The molecule has 2 heterocycles. The lowest BCUT2D eigenvalue weighted by Crippen LogP contribution is -2.28. The molecule has 0 amide bonds. The van der Waals surface area contributed by atoms with Crippen molar-refractivity contribution in [3.05, 3.63) is 11.1 Å². The molecule has 0 bridgehead atoms. The monoisotopic (exact) mass is 243 g/mol. The molecule has 2 rings (SSSR count). The van der Waals surface area contributed by atoms with Gasteiger partial charge >= 0.3 is 0 Å². The molecule has 5 heteroatoms. The predicted octanol–water partition coefficient (Wildman–Crippen LogP) is 1.80. The van der Waals surface area contributed by atoms with Crippen LogP contribution in [-0.4, -0.2) is 36.6 Å². The van der Waals surface area contributed by atoms with Gasteiger partial charge in [-0.05, 0) is 12.2 Å². The van der Waals surface area contributed by atoms with Gasteiger partial charge in [0.15, 0.2) is 5.13 Å². The van der Waals surface area contributed by atoms with Crippen molar-refractivity contribution in [3.63, 3.8) is 0 Å². The van der Waals surface area contributed by atoms with Gasteiger partial charge in [0.2, 0.25) is 0 Å². The number of hydrogen-bond acceptors (Lipinski definition) is 5. The summed E-state index contributed by atoms with van der Waals surface area (Å²) >= 11 is 3.75. The van der Waals surface area contributed by atoms with Crippen molar-refractivity contribution in [2.45, 2.75) is 19.0 Å². The number of thioether (sulfide) groups is 1. The minimum absolute atomic E-state index is 0.694. The van der Waals surface area contributed by atoms with Crippen molar-refractivity contribution in [3.8, 4) is 0 Å². The summed E-state index contributed by atoms with van der Waals surface area (Å²) in [7, 11) is 4.06. The zero-order valence-corrected chi connectivity index (χ0v) is 10.8. The third-order valence-corrected chi connectivity index (χ3v) is 4.64. The van der Waals surface area contributed by atoms with Crippen LogP contribution in [0.5, 0.6) is 0 Å². The SMILES string of the molecule is CN(C)c1nc(CNC2CCSC2)cs1. The van der Waals surface area contributed by atoms with Gasteiger partial charge in [0, 0.05) is 37.8 Å². The van der Waals surface area contributed by atoms with Crippen LogP contribution in [0.1, 0.15) is 12.1 Å². The Hall–Kier alpha value is -0.260. The zero-order valence-electron chi connectivity index (χ0n) is 9.19. The predicted molar refractivity (Wildman–Crippen MR) is 69.0 cm³/mol. The highest BCUT2D eigenvalue weighted by molar-refractivity contribution is 7.99. The van der Waals surface area contributed by atoms with Crippen LogP contribution in [0.2, 0.25) is 0 Å². The van der Waals surface area contributed by atoms with E-state index in [0.717, 1.165) is 11.7 Å². The zero-order chi connectivity index (χ0) is 10.7. The van der Waals surface area contributed by atoms with E-state index >= 15 is 0 Å². The highest BCUT2D eigenvalue weighted by Gasteiger charge is 2.14. The van der Waals surface area contributed by atoms with E-state index in [4.69, 9.17) is 0 Å².